The van der Waals surface area contributed by atoms with Crippen molar-refractivity contribution in [1.29, 1.82) is 0 Å². The number of aryl methyl sites for hydroxylation is 1. The molecule has 0 aliphatic heterocycles. The molecule has 3 nitrogen and oxygen atoms in total. The van der Waals surface area contributed by atoms with Crippen molar-refractivity contribution in [1.82, 2.24) is 10.3 Å². The van der Waals surface area contributed by atoms with Crippen molar-refractivity contribution >= 4 is 28.8 Å². The topological polar surface area (TPSA) is 42.0 Å². The van der Waals surface area contributed by atoms with Crippen molar-refractivity contribution in [3.63, 3.8) is 0 Å². The molecular formula is C13H13ClN2OS. The van der Waals surface area contributed by atoms with E-state index in [0.717, 1.165) is 4.88 Å². The Labute approximate surface area is 115 Å². The van der Waals surface area contributed by atoms with Gasteiger partial charge >= 0.3 is 0 Å². The van der Waals surface area contributed by atoms with Crippen LogP contribution in [0.5, 0.6) is 0 Å². The highest BCUT2D eigenvalue weighted by Crippen LogP contribution is 2.22. The number of pyridine rings is 1. The maximum atomic E-state index is 12.0. The third kappa shape index (κ3) is 3.09. The Balaban J connectivity index is 2.08. The SMILES string of the molecule is Cc1ccc(C(C)NC(=O)c2cccc(Cl)n2)s1. The molecule has 94 valence electrons. The van der Waals surface area contributed by atoms with Crippen LogP contribution in [0.3, 0.4) is 0 Å². The fourth-order valence-electron chi connectivity index (χ4n) is 1.56. The number of thiophene rings is 1. The van der Waals surface area contributed by atoms with Crippen molar-refractivity contribution in [3.05, 3.63) is 50.9 Å². The third-order valence-corrected chi connectivity index (χ3v) is 3.88. The van der Waals surface area contributed by atoms with Gasteiger partial charge in [0.2, 0.25) is 0 Å². The summed E-state index contributed by atoms with van der Waals surface area (Å²) in [5.74, 6) is -0.212. The average molecular weight is 281 g/mol. The highest BCUT2D eigenvalue weighted by Gasteiger charge is 2.13. The zero-order chi connectivity index (χ0) is 13.1. The minimum Gasteiger partial charge on any atom is -0.343 e. The van der Waals surface area contributed by atoms with Gasteiger partial charge in [0.1, 0.15) is 10.8 Å². The Morgan fingerprint density at radius 1 is 1.39 bits per heavy atom. The second-order valence-corrected chi connectivity index (χ2v) is 5.70. The minimum atomic E-state index is -0.212. The lowest BCUT2D eigenvalue weighted by atomic mass is 10.2. The summed E-state index contributed by atoms with van der Waals surface area (Å²) in [6.45, 7) is 3.99. The predicted molar refractivity (Wildman–Crippen MR) is 74.2 cm³/mol. The van der Waals surface area contributed by atoms with Gasteiger partial charge in [0.05, 0.1) is 6.04 Å². The summed E-state index contributed by atoms with van der Waals surface area (Å²) in [6.07, 6.45) is 0. The summed E-state index contributed by atoms with van der Waals surface area (Å²) >= 11 is 7.43. The second-order valence-electron chi connectivity index (χ2n) is 3.99. The Morgan fingerprint density at radius 2 is 2.17 bits per heavy atom. The minimum absolute atomic E-state index is 0.0306. The molecule has 0 saturated carbocycles. The van der Waals surface area contributed by atoms with Gasteiger partial charge in [0.15, 0.2) is 0 Å². The van der Waals surface area contributed by atoms with E-state index in [2.05, 4.69) is 10.3 Å². The number of nitrogens with zero attached hydrogens (tertiary/aromatic N) is 1. The van der Waals surface area contributed by atoms with E-state index < -0.39 is 0 Å². The van der Waals surface area contributed by atoms with Gasteiger partial charge in [-0.05, 0) is 38.1 Å². The number of halogens is 1. The van der Waals surface area contributed by atoms with Crippen LogP contribution in [-0.4, -0.2) is 10.9 Å². The van der Waals surface area contributed by atoms with Gasteiger partial charge in [0, 0.05) is 9.75 Å². The smallest absolute Gasteiger partial charge is 0.270 e. The number of carbonyl (C=O) groups excluding carboxylic acids is 1. The van der Waals surface area contributed by atoms with Gasteiger partial charge in [-0.1, -0.05) is 17.7 Å². The van der Waals surface area contributed by atoms with Gasteiger partial charge in [-0.3, -0.25) is 4.79 Å². The van der Waals surface area contributed by atoms with E-state index in [1.54, 1.807) is 29.5 Å². The fourth-order valence-corrected chi connectivity index (χ4v) is 2.61. The molecule has 0 radical (unpaired) electrons. The van der Waals surface area contributed by atoms with E-state index in [4.69, 9.17) is 11.6 Å². The van der Waals surface area contributed by atoms with Gasteiger partial charge in [0.25, 0.3) is 5.91 Å². The molecule has 1 N–H and O–H groups in total. The zero-order valence-electron chi connectivity index (χ0n) is 10.1. The maximum absolute atomic E-state index is 12.0. The predicted octanol–water partition coefficient (Wildman–Crippen LogP) is 3.60. The molecule has 0 bridgehead atoms. The monoisotopic (exact) mass is 280 g/mol. The molecule has 2 heterocycles. The Hall–Kier alpha value is -1.39. The molecule has 0 spiro atoms. The van der Waals surface area contributed by atoms with Crippen molar-refractivity contribution in [3.8, 4) is 0 Å². The molecule has 1 amide bonds. The molecule has 2 rings (SSSR count). The molecule has 1 atom stereocenters. The van der Waals surface area contributed by atoms with Crippen molar-refractivity contribution < 1.29 is 4.79 Å². The van der Waals surface area contributed by atoms with Gasteiger partial charge in [-0.15, -0.1) is 11.3 Å². The number of hydrogen-bond acceptors (Lipinski definition) is 3. The van der Waals surface area contributed by atoms with Crippen LogP contribution in [0.2, 0.25) is 5.15 Å². The highest BCUT2D eigenvalue weighted by atomic mass is 35.5. The van der Waals surface area contributed by atoms with Crippen molar-refractivity contribution in [2.45, 2.75) is 19.9 Å². The summed E-state index contributed by atoms with van der Waals surface area (Å²) in [5, 5.41) is 3.22. The van der Waals surface area contributed by atoms with Crippen LogP contribution >= 0.6 is 22.9 Å². The highest BCUT2D eigenvalue weighted by molar-refractivity contribution is 7.12. The molecule has 5 heteroatoms. The first-order valence-electron chi connectivity index (χ1n) is 5.56. The normalized spacial score (nSPS) is 12.2. The first-order valence-corrected chi connectivity index (χ1v) is 6.75. The third-order valence-electron chi connectivity index (χ3n) is 2.48. The second kappa shape index (κ2) is 5.50. The van der Waals surface area contributed by atoms with Gasteiger partial charge < -0.3 is 5.32 Å². The molecule has 2 aromatic rings. The van der Waals surface area contributed by atoms with Crippen LogP contribution in [0.15, 0.2) is 30.3 Å². The summed E-state index contributed by atoms with van der Waals surface area (Å²) in [7, 11) is 0. The number of carbonyl (C=O) groups is 1. The summed E-state index contributed by atoms with van der Waals surface area (Å²) in [6, 6.07) is 9.04. The molecule has 0 aromatic carbocycles. The van der Waals surface area contributed by atoms with Crippen LogP contribution in [0, 0.1) is 6.92 Å². The molecular weight excluding hydrogens is 268 g/mol. The molecule has 2 aromatic heterocycles. The molecule has 0 saturated heterocycles. The number of hydrogen-bond donors (Lipinski definition) is 1. The summed E-state index contributed by atoms with van der Waals surface area (Å²) < 4.78 is 0. The molecule has 0 aliphatic carbocycles. The molecule has 1 unspecified atom stereocenters. The van der Waals surface area contributed by atoms with Crippen molar-refractivity contribution in [2.75, 3.05) is 0 Å². The molecule has 0 aliphatic rings. The number of amides is 1. The number of aromatic nitrogens is 1. The lowest BCUT2D eigenvalue weighted by molar-refractivity contribution is 0.0935. The quantitative estimate of drug-likeness (QED) is 0.873. The van der Waals surface area contributed by atoms with Crippen LogP contribution in [0.4, 0.5) is 0 Å². The molecule has 18 heavy (non-hydrogen) atoms. The van der Waals surface area contributed by atoms with E-state index >= 15 is 0 Å². The van der Waals surface area contributed by atoms with E-state index in [1.165, 1.54) is 4.88 Å². The average Bonchev–Trinajstić information content (AvgIpc) is 2.76. The van der Waals surface area contributed by atoms with Gasteiger partial charge in [-0.25, -0.2) is 4.98 Å². The standard InChI is InChI=1S/C13H13ClN2OS/c1-8-6-7-11(18-8)9(2)15-13(17)10-4-3-5-12(14)16-10/h3-7,9H,1-2H3,(H,15,17). The van der Waals surface area contributed by atoms with Crippen molar-refractivity contribution in [2.24, 2.45) is 0 Å². The number of nitrogens with one attached hydrogen (secondary N) is 1. The van der Waals surface area contributed by atoms with E-state index in [9.17, 15) is 4.79 Å². The largest absolute Gasteiger partial charge is 0.343 e. The summed E-state index contributed by atoms with van der Waals surface area (Å²) in [5.41, 5.74) is 0.336. The van der Waals surface area contributed by atoms with Crippen LogP contribution in [-0.2, 0) is 0 Å². The molecule has 0 fully saturated rings. The number of rotatable bonds is 3. The zero-order valence-corrected chi connectivity index (χ0v) is 11.7. The Morgan fingerprint density at radius 3 is 2.78 bits per heavy atom. The lowest BCUT2D eigenvalue weighted by Crippen LogP contribution is -2.26. The van der Waals surface area contributed by atoms with Gasteiger partial charge in [-0.2, -0.15) is 0 Å². The fraction of sp³-hybridized carbons (Fsp3) is 0.231. The van der Waals surface area contributed by atoms with Crippen LogP contribution in [0.25, 0.3) is 0 Å². The Kier molecular flexibility index (Phi) is 3.99. The summed E-state index contributed by atoms with van der Waals surface area (Å²) in [4.78, 5) is 18.3. The van der Waals surface area contributed by atoms with E-state index in [0.29, 0.717) is 10.8 Å². The Bertz CT molecular complexity index is 568. The lowest BCUT2D eigenvalue weighted by Gasteiger charge is -2.11. The maximum Gasteiger partial charge on any atom is 0.270 e. The van der Waals surface area contributed by atoms with E-state index in [-0.39, 0.29) is 11.9 Å². The van der Waals surface area contributed by atoms with Crippen LogP contribution < -0.4 is 5.32 Å². The first kappa shape index (κ1) is 13.1. The first-order chi connectivity index (χ1) is 8.56. The van der Waals surface area contributed by atoms with E-state index in [1.807, 2.05) is 26.0 Å². The van der Waals surface area contributed by atoms with Crippen LogP contribution in [0.1, 0.15) is 33.2 Å².